The maximum Gasteiger partial charge on any atom is 0.254 e. The molecule has 0 radical (unpaired) electrons. The van der Waals surface area contributed by atoms with E-state index in [2.05, 4.69) is 50.3 Å². The molecule has 0 saturated carbocycles. The highest BCUT2D eigenvalue weighted by molar-refractivity contribution is 5.95. The summed E-state index contributed by atoms with van der Waals surface area (Å²) in [6.07, 6.45) is 4.28. The molecule has 0 bridgehead atoms. The maximum absolute atomic E-state index is 13.7. The monoisotopic (exact) mass is 444 g/mol. The van der Waals surface area contributed by atoms with Gasteiger partial charge in [-0.3, -0.25) is 9.78 Å². The fourth-order valence-electron chi connectivity index (χ4n) is 4.95. The van der Waals surface area contributed by atoms with E-state index < -0.39 is 0 Å². The standard InChI is InChI=1S/C31H28N2O/c1-22-18-27(20-32-29(22)24-12-6-3-7-13-24)28-19-23(2)30(25-14-8-4-9-15-25)33(21-28)31(34)26-16-10-5-11-17-26/h3-20,28,30H,21H2,1-2H3/t28-,30+/m0/s1. The molecule has 0 saturated heterocycles. The van der Waals surface area contributed by atoms with Crippen LogP contribution in [-0.2, 0) is 0 Å². The summed E-state index contributed by atoms with van der Waals surface area (Å²) in [6.45, 7) is 4.85. The summed E-state index contributed by atoms with van der Waals surface area (Å²) >= 11 is 0. The van der Waals surface area contributed by atoms with Crippen LogP contribution in [0.1, 0.15) is 45.9 Å². The van der Waals surface area contributed by atoms with Crippen LogP contribution in [0.15, 0.2) is 115 Å². The molecule has 1 aliphatic heterocycles. The molecule has 3 aromatic carbocycles. The first kappa shape index (κ1) is 21.8. The minimum atomic E-state index is -0.0807. The molecule has 1 aromatic heterocycles. The van der Waals surface area contributed by atoms with Crippen LogP contribution in [0, 0.1) is 6.92 Å². The molecule has 0 N–H and O–H groups in total. The van der Waals surface area contributed by atoms with Gasteiger partial charge < -0.3 is 4.90 Å². The molecule has 3 heteroatoms. The number of aryl methyl sites for hydroxylation is 1. The van der Waals surface area contributed by atoms with Gasteiger partial charge in [0.05, 0.1) is 11.7 Å². The number of hydrogen-bond acceptors (Lipinski definition) is 2. The van der Waals surface area contributed by atoms with Crippen molar-refractivity contribution in [3.05, 3.63) is 137 Å². The molecule has 0 unspecified atom stereocenters. The Labute approximate surface area is 201 Å². The number of benzene rings is 3. The number of rotatable bonds is 4. The first-order valence-corrected chi connectivity index (χ1v) is 11.7. The van der Waals surface area contributed by atoms with E-state index in [1.807, 2.05) is 77.8 Å². The van der Waals surface area contributed by atoms with E-state index in [1.165, 1.54) is 5.57 Å². The Bertz CT molecular complexity index is 1310. The largest absolute Gasteiger partial charge is 0.327 e. The lowest BCUT2D eigenvalue weighted by atomic mass is 9.86. The number of hydrogen-bond donors (Lipinski definition) is 0. The summed E-state index contributed by atoms with van der Waals surface area (Å²) in [6, 6.07) is 32.3. The van der Waals surface area contributed by atoms with Gasteiger partial charge >= 0.3 is 0 Å². The number of aromatic nitrogens is 1. The molecule has 4 aromatic rings. The molecule has 5 rings (SSSR count). The van der Waals surface area contributed by atoms with E-state index in [1.54, 1.807) is 0 Å². The maximum atomic E-state index is 13.7. The minimum absolute atomic E-state index is 0.0532. The number of nitrogens with zero attached hydrogens (tertiary/aromatic N) is 2. The number of carbonyl (C=O) groups is 1. The summed E-state index contributed by atoms with van der Waals surface area (Å²) < 4.78 is 0. The highest BCUT2D eigenvalue weighted by Crippen LogP contribution is 2.38. The Morgan fingerprint density at radius 3 is 2.09 bits per heavy atom. The van der Waals surface area contributed by atoms with Crippen LogP contribution < -0.4 is 0 Å². The zero-order valence-electron chi connectivity index (χ0n) is 19.6. The van der Waals surface area contributed by atoms with Gasteiger partial charge in [-0.2, -0.15) is 0 Å². The fraction of sp³-hybridized carbons (Fsp3) is 0.161. The van der Waals surface area contributed by atoms with Gasteiger partial charge in [-0.05, 0) is 48.2 Å². The quantitative estimate of drug-likeness (QED) is 0.318. The Morgan fingerprint density at radius 2 is 1.44 bits per heavy atom. The van der Waals surface area contributed by atoms with E-state index in [4.69, 9.17) is 4.98 Å². The van der Waals surface area contributed by atoms with Gasteiger partial charge in [0.25, 0.3) is 5.91 Å². The first-order valence-electron chi connectivity index (χ1n) is 11.7. The van der Waals surface area contributed by atoms with Crippen molar-refractivity contribution in [1.82, 2.24) is 9.88 Å². The number of amides is 1. The second-order valence-corrected chi connectivity index (χ2v) is 8.95. The Kier molecular flexibility index (Phi) is 6.09. The summed E-state index contributed by atoms with van der Waals surface area (Å²) in [5, 5.41) is 0. The molecule has 0 fully saturated rings. The van der Waals surface area contributed by atoms with Crippen molar-refractivity contribution in [3.63, 3.8) is 0 Å². The summed E-state index contributed by atoms with van der Waals surface area (Å²) in [4.78, 5) is 20.5. The van der Waals surface area contributed by atoms with E-state index in [-0.39, 0.29) is 17.9 Å². The van der Waals surface area contributed by atoms with Crippen molar-refractivity contribution in [3.8, 4) is 11.3 Å². The van der Waals surface area contributed by atoms with Crippen LogP contribution in [0.3, 0.4) is 0 Å². The highest BCUT2D eigenvalue weighted by atomic mass is 16.2. The van der Waals surface area contributed by atoms with E-state index in [0.717, 1.165) is 27.9 Å². The van der Waals surface area contributed by atoms with Gasteiger partial charge in [-0.25, -0.2) is 0 Å². The Balaban J connectivity index is 1.53. The van der Waals surface area contributed by atoms with Gasteiger partial charge in [0.1, 0.15) is 0 Å². The topological polar surface area (TPSA) is 33.2 Å². The Hall–Kier alpha value is -3.98. The lowest BCUT2D eigenvalue weighted by Crippen LogP contribution is -2.41. The van der Waals surface area contributed by atoms with Crippen LogP contribution in [0.4, 0.5) is 0 Å². The third kappa shape index (κ3) is 4.29. The molecule has 2 atom stereocenters. The van der Waals surface area contributed by atoms with Crippen molar-refractivity contribution < 1.29 is 4.79 Å². The van der Waals surface area contributed by atoms with Gasteiger partial charge in [-0.1, -0.05) is 91.0 Å². The van der Waals surface area contributed by atoms with Crippen LogP contribution in [0.25, 0.3) is 11.3 Å². The molecular weight excluding hydrogens is 416 g/mol. The van der Waals surface area contributed by atoms with Gasteiger partial charge in [0.15, 0.2) is 0 Å². The summed E-state index contributed by atoms with van der Waals surface area (Å²) in [5.74, 6) is 0.140. The second kappa shape index (κ2) is 9.48. The molecule has 3 nitrogen and oxygen atoms in total. The fourth-order valence-corrected chi connectivity index (χ4v) is 4.95. The summed E-state index contributed by atoms with van der Waals surface area (Å²) in [7, 11) is 0. The van der Waals surface area contributed by atoms with Crippen molar-refractivity contribution in [2.45, 2.75) is 25.8 Å². The van der Waals surface area contributed by atoms with E-state index in [9.17, 15) is 4.79 Å². The van der Waals surface area contributed by atoms with Crippen molar-refractivity contribution in [2.75, 3.05) is 6.54 Å². The predicted molar refractivity (Wildman–Crippen MR) is 138 cm³/mol. The average Bonchev–Trinajstić information content (AvgIpc) is 2.89. The molecule has 0 aliphatic carbocycles. The van der Waals surface area contributed by atoms with Crippen molar-refractivity contribution >= 4 is 5.91 Å². The number of pyridine rings is 1. The van der Waals surface area contributed by atoms with Crippen molar-refractivity contribution in [1.29, 1.82) is 0 Å². The minimum Gasteiger partial charge on any atom is -0.327 e. The molecule has 2 heterocycles. The van der Waals surface area contributed by atoms with Gasteiger partial charge in [-0.15, -0.1) is 0 Å². The van der Waals surface area contributed by atoms with Gasteiger partial charge in [0, 0.05) is 29.8 Å². The SMILES string of the molecule is CC1=C[C@H](c2cnc(-c3ccccc3)c(C)c2)CN(C(=O)c2ccccc2)[C@H]1c1ccccc1. The van der Waals surface area contributed by atoms with Crippen LogP contribution in [0.5, 0.6) is 0 Å². The zero-order valence-corrected chi connectivity index (χ0v) is 19.6. The third-order valence-electron chi connectivity index (χ3n) is 6.57. The van der Waals surface area contributed by atoms with Crippen LogP contribution in [-0.4, -0.2) is 22.3 Å². The van der Waals surface area contributed by atoms with Gasteiger partial charge in [0.2, 0.25) is 0 Å². The molecule has 1 aliphatic rings. The molecule has 1 amide bonds. The van der Waals surface area contributed by atoms with Crippen molar-refractivity contribution in [2.24, 2.45) is 0 Å². The first-order chi connectivity index (χ1) is 16.6. The van der Waals surface area contributed by atoms with E-state index >= 15 is 0 Å². The Morgan fingerprint density at radius 1 is 0.824 bits per heavy atom. The average molecular weight is 445 g/mol. The lowest BCUT2D eigenvalue weighted by Gasteiger charge is -2.39. The van der Waals surface area contributed by atoms with Crippen LogP contribution >= 0.6 is 0 Å². The zero-order chi connectivity index (χ0) is 23.5. The normalized spacial score (nSPS) is 17.8. The predicted octanol–water partition coefficient (Wildman–Crippen LogP) is 6.98. The molecule has 0 spiro atoms. The smallest absolute Gasteiger partial charge is 0.254 e. The molecule has 34 heavy (non-hydrogen) atoms. The van der Waals surface area contributed by atoms with E-state index in [0.29, 0.717) is 12.1 Å². The summed E-state index contributed by atoms with van der Waals surface area (Å²) in [5.41, 5.74) is 7.41. The lowest BCUT2D eigenvalue weighted by molar-refractivity contribution is 0.0684. The number of carbonyl (C=O) groups excluding carboxylic acids is 1. The highest BCUT2D eigenvalue weighted by Gasteiger charge is 2.33. The molecular formula is C31H28N2O. The van der Waals surface area contributed by atoms with Crippen LogP contribution in [0.2, 0.25) is 0 Å². The third-order valence-corrected chi connectivity index (χ3v) is 6.57. The molecule has 168 valence electrons. The second-order valence-electron chi connectivity index (χ2n) is 8.95.